The second-order valence-electron chi connectivity index (χ2n) is 7.34. The van der Waals surface area contributed by atoms with Gasteiger partial charge in [0.25, 0.3) is 10.0 Å². The van der Waals surface area contributed by atoms with E-state index in [9.17, 15) is 13.2 Å². The van der Waals surface area contributed by atoms with Gasteiger partial charge in [0.05, 0.1) is 10.6 Å². The summed E-state index contributed by atoms with van der Waals surface area (Å²) in [5.74, 6) is 0.652. The monoisotopic (exact) mass is 445 g/mol. The van der Waals surface area contributed by atoms with Crippen LogP contribution in [0, 0.1) is 6.92 Å². The number of thioether (sulfide) groups is 1. The van der Waals surface area contributed by atoms with Crippen molar-refractivity contribution in [1.29, 1.82) is 0 Å². The Hall–Kier alpha value is -2.32. The lowest BCUT2D eigenvalue weighted by Crippen LogP contribution is -2.26. The molecule has 0 spiro atoms. The number of amides is 1. The highest BCUT2D eigenvalue weighted by molar-refractivity contribution is 8.00. The number of benzene rings is 2. The standard InChI is InChI=1S/C22H27N3O3S2/c1-17-9-5-6-12-20(17)29-16-22(26)23-18-10-8-11-19(15-18)30(27,28)24-21-13-4-3-7-14-25(21)2/h5-6,8-12,15H,3-4,7,13-14,16H2,1-2H3,(H,23,26). The average molecular weight is 446 g/mol. The van der Waals surface area contributed by atoms with Crippen LogP contribution in [0.4, 0.5) is 5.69 Å². The van der Waals surface area contributed by atoms with Crippen molar-refractivity contribution >= 4 is 39.2 Å². The number of rotatable bonds is 6. The highest BCUT2D eigenvalue weighted by atomic mass is 32.2. The second-order valence-corrected chi connectivity index (χ2v) is 9.97. The lowest BCUT2D eigenvalue weighted by Gasteiger charge is -2.17. The van der Waals surface area contributed by atoms with E-state index >= 15 is 0 Å². The molecular formula is C22H27N3O3S2. The summed E-state index contributed by atoms with van der Waals surface area (Å²) in [7, 11) is -1.96. The Balaban J connectivity index is 1.69. The Labute approximate surface area is 182 Å². The van der Waals surface area contributed by atoms with Gasteiger partial charge in [-0.1, -0.05) is 30.7 Å². The van der Waals surface area contributed by atoms with Gasteiger partial charge in [-0.05, 0) is 49.6 Å². The van der Waals surface area contributed by atoms with Crippen LogP contribution in [0.15, 0.2) is 62.7 Å². The molecule has 2 aromatic rings. The van der Waals surface area contributed by atoms with Crippen LogP contribution >= 0.6 is 11.8 Å². The summed E-state index contributed by atoms with van der Waals surface area (Å²) in [5, 5.41) is 2.78. The first kappa shape index (κ1) is 22.4. The molecule has 0 bridgehead atoms. The summed E-state index contributed by atoms with van der Waals surface area (Å²) in [6, 6.07) is 14.1. The van der Waals surface area contributed by atoms with E-state index in [1.165, 1.54) is 23.9 Å². The summed E-state index contributed by atoms with van der Waals surface area (Å²) in [5.41, 5.74) is 1.56. The number of aryl methyl sites for hydroxylation is 1. The molecule has 0 unspecified atom stereocenters. The Bertz CT molecular complexity index is 1040. The predicted octanol–water partition coefficient (Wildman–Crippen LogP) is 4.32. The van der Waals surface area contributed by atoms with Crippen LogP contribution in [0.1, 0.15) is 31.2 Å². The molecular weight excluding hydrogens is 418 g/mol. The number of nitrogens with one attached hydrogen (secondary N) is 1. The fraction of sp³-hybridized carbons (Fsp3) is 0.364. The smallest absolute Gasteiger partial charge is 0.284 e. The zero-order valence-corrected chi connectivity index (χ0v) is 18.9. The Morgan fingerprint density at radius 3 is 2.73 bits per heavy atom. The van der Waals surface area contributed by atoms with E-state index in [2.05, 4.69) is 9.71 Å². The summed E-state index contributed by atoms with van der Waals surface area (Å²) >= 11 is 1.45. The van der Waals surface area contributed by atoms with Crippen molar-refractivity contribution < 1.29 is 13.2 Å². The molecule has 30 heavy (non-hydrogen) atoms. The Kier molecular flexibility index (Phi) is 7.55. The number of carbonyl (C=O) groups is 1. The third-order valence-electron chi connectivity index (χ3n) is 4.93. The molecule has 1 aliphatic rings. The summed E-state index contributed by atoms with van der Waals surface area (Å²) in [6.07, 6.45) is 3.71. The maximum Gasteiger partial charge on any atom is 0.284 e. The van der Waals surface area contributed by atoms with Gasteiger partial charge in [-0.25, -0.2) is 0 Å². The van der Waals surface area contributed by atoms with Gasteiger partial charge in [0.2, 0.25) is 5.91 Å². The maximum absolute atomic E-state index is 12.8. The SMILES string of the molecule is Cc1ccccc1SCC(=O)Nc1cccc(S(=O)(=O)N=C2CCCCCN2C)c1. The zero-order chi connectivity index (χ0) is 21.6. The molecule has 0 radical (unpaired) electrons. The molecule has 6 nitrogen and oxygen atoms in total. The average Bonchev–Trinajstić information content (AvgIpc) is 2.91. The van der Waals surface area contributed by atoms with Crippen molar-refractivity contribution in [1.82, 2.24) is 4.90 Å². The van der Waals surface area contributed by atoms with E-state index in [0.717, 1.165) is 36.3 Å². The molecule has 1 fully saturated rings. The van der Waals surface area contributed by atoms with Crippen LogP contribution in [-0.4, -0.2) is 44.4 Å². The number of sulfonamides is 1. The molecule has 1 aliphatic heterocycles. The number of anilines is 1. The number of hydrogen-bond acceptors (Lipinski definition) is 4. The highest BCUT2D eigenvalue weighted by Gasteiger charge is 2.19. The lowest BCUT2D eigenvalue weighted by molar-refractivity contribution is -0.113. The fourth-order valence-corrected chi connectivity index (χ4v) is 5.20. The van der Waals surface area contributed by atoms with Gasteiger partial charge in [-0.3, -0.25) is 4.79 Å². The lowest BCUT2D eigenvalue weighted by atomic mass is 10.2. The fourth-order valence-electron chi connectivity index (χ4n) is 3.23. The third kappa shape index (κ3) is 6.09. The van der Waals surface area contributed by atoms with Gasteiger partial charge < -0.3 is 10.2 Å². The molecule has 3 rings (SSSR count). The van der Waals surface area contributed by atoms with Gasteiger partial charge in [-0.2, -0.15) is 8.42 Å². The van der Waals surface area contributed by atoms with E-state index < -0.39 is 10.0 Å². The largest absolute Gasteiger partial charge is 0.362 e. The number of nitrogens with zero attached hydrogens (tertiary/aromatic N) is 2. The van der Waals surface area contributed by atoms with Crippen LogP contribution in [0.3, 0.4) is 0 Å². The van der Waals surface area contributed by atoms with E-state index in [1.54, 1.807) is 12.1 Å². The minimum atomic E-state index is -3.84. The van der Waals surface area contributed by atoms with Crippen molar-refractivity contribution in [2.24, 2.45) is 4.40 Å². The summed E-state index contributed by atoms with van der Waals surface area (Å²) in [4.78, 5) is 15.4. The van der Waals surface area contributed by atoms with Crippen LogP contribution in [0.5, 0.6) is 0 Å². The molecule has 1 heterocycles. The van der Waals surface area contributed by atoms with Gasteiger partial charge in [0.1, 0.15) is 5.84 Å². The molecule has 0 aliphatic carbocycles. The van der Waals surface area contributed by atoms with E-state index in [0.29, 0.717) is 17.9 Å². The van der Waals surface area contributed by atoms with Crippen LogP contribution in [-0.2, 0) is 14.8 Å². The van der Waals surface area contributed by atoms with Crippen LogP contribution < -0.4 is 5.32 Å². The first-order chi connectivity index (χ1) is 14.3. The molecule has 0 saturated carbocycles. The van der Waals surface area contributed by atoms with Gasteiger partial charge >= 0.3 is 0 Å². The predicted molar refractivity (Wildman–Crippen MR) is 123 cm³/mol. The minimum Gasteiger partial charge on any atom is -0.362 e. The first-order valence-electron chi connectivity index (χ1n) is 9.98. The van der Waals surface area contributed by atoms with Gasteiger partial charge in [-0.15, -0.1) is 16.2 Å². The van der Waals surface area contributed by atoms with E-state index in [1.807, 2.05) is 43.1 Å². The first-order valence-corrected chi connectivity index (χ1v) is 12.4. The molecule has 0 aromatic heterocycles. The van der Waals surface area contributed by atoms with Crippen LogP contribution in [0.2, 0.25) is 0 Å². The maximum atomic E-state index is 12.8. The Morgan fingerprint density at radius 2 is 1.93 bits per heavy atom. The number of hydrogen-bond donors (Lipinski definition) is 1. The molecule has 2 aromatic carbocycles. The zero-order valence-electron chi connectivity index (χ0n) is 17.3. The van der Waals surface area contributed by atoms with E-state index in [4.69, 9.17) is 0 Å². The van der Waals surface area contributed by atoms with E-state index in [-0.39, 0.29) is 16.6 Å². The summed E-state index contributed by atoms with van der Waals surface area (Å²) in [6.45, 7) is 2.81. The molecule has 160 valence electrons. The number of carbonyl (C=O) groups excluding carboxylic acids is 1. The van der Waals surface area contributed by atoms with Gasteiger partial charge in [0.15, 0.2) is 0 Å². The minimum absolute atomic E-state index is 0.0806. The number of amidine groups is 1. The van der Waals surface area contributed by atoms with Crippen molar-refractivity contribution in [3.63, 3.8) is 0 Å². The van der Waals surface area contributed by atoms with Gasteiger partial charge in [0, 0.05) is 30.6 Å². The van der Waals surface area contributed by atoms with Crippen molar-refractivity contribution in [3.8, 4) is 0 Å². The number of likely N-dealkylation sites (tertiary alicyclic amines) is 1. The van der Waals surface area contributed by atoms with Crippen molar-refractivity contribution in [2.45, 2.75) is 42.4 Å². The molecule has 0 atom stereocenters. The van der Waals surface area contributed by atoms with Crippen molar-refractivity contribution in [2.75, 3.05) is 24.7 Å². The highest BCUT2D eigenvalue weighted by Crippen LogP contribution is 2.23. The quantitative estimate of drug-likeness (QED) is 0.670. The topological polar surface area (TPSA) is 78.8 Å². The molecule has 1 amide bonds. The molecule has 8 heteroatoms. The summed E-state index contributed by atoms with van der Waals surface area (Å²) < 4.78 is 29.7. The normalized spacial score (nSPS) is 16.3. The third-order valence-corrected chi connectivity index (χ3v) is 7.40. The molecule has 1 saturated heterocycles. The second kappa shape index (κ2) is 10.1. The van der Waals surface area contributed by atoms with Crippen molar-refractivity contribution in [3.05, 3.63) is 54.1 Å². The van der Waals surface area contributed by atoms with Crippen LogP contribution in [0.25, 0.3) is 0 Å². The Morgan fingerprint density at radius 1 is 1.13 bits per heavy atom. The molecule has 1 N–H and O–H groups in total.